The molecule has 164 valence electrons. The molecule has 2 N–H and O–H groups in total. The summed E-state index contributed by atoms with van der Waals surface area (Å²) in [5.41, 5.74) is 0.737. The van der Waals surface area contributed by atoms with Gasteiger partial charge in [-0.15, -0.1) is 0 Å². The molecule has 0 bridgehead atoms. The first kappa shape index (κ1) is 25.6. The monoisotopic (exact) mass is 422 g/mol. The van der Waals surface area contributed by atoms with Gasteiger partial charge in [0.1, 0.15) is 0 Å². The minimum atomic E-state index is -0.788. The summed E-state index contributed by atoms with van der Waals surface area (Å²) in [7, 11) is 0. The zero-order valence-electron chi connectivity index (χ0n) is 18.0. The Balaban J connectivity index is 2.05. The highest BCUT2D eigenvalue weighted by Gasteiger charge is 2.14. The average molecular weight is 423 g/mol. The van der Waals surface area contributed by atoms with Gasteiger partial charge in [-0.05, 0) is 12.5 Å². The van der Waals surface area contributed by atoms with Crippen LogP contribution in [0.15, 0.2) is 29.3 Å². The van der Waals surface area contributed by atoms with Crippen LogP contribution < -0.4 is 5.32 Å². The van der Waals surface area contributed by atoms with Crippen molar-refractivity contribution in [1.29, 1.82) is 0 Å². The second kappa shape index (κ2) is 17.5. The van der Waals surface area contributed by atoms with Gasteiger partial charge in [0, 0.05) is 23.3 Å². The molecule has 0 unspecified atom stereocenters. The van der Waals surface area contributed by atoms with E-state index in [1.807, 2.05) is 18.2 Å². The lowest BCUT2D eigenvalue weighted by Gasteiger charge is -2.10. The first-order valence-corrected chi connectivity index (χ1v) is 11.7. The highest BCUT2D eigenvalue weighted by atomic mass is 35.5. The molecule has 0 aliphatic rings. The number of amides is 1. The van der Waals surface area contributed by atoms with Crippen molar-refractivity contribution in [1.82, 2.24) is 5.32 Å². The molecule has 0 aliphatic heterocycles. The van der Waals surface area contributed by atoms with E-state index in [0.717, 1.165) is 18.4 Å². The summed E-state index contributed by atoms with van der Waals surface area (Å²) in [5.74, 6) is -0.237. The van der Waals surface area contributed by atoms with Gasteiger partial charge in [0.2, 0.25) is 5.91 Å². The summed E-state index contributed by atoms with van der Waals surface area (Å²) in [6.45, 7) is 2.58. The molecule has 1 amide bonds. The first-order valence-electron chi connectivity index (χ1n) is 11.3. The average Bonchev–Trinajstić information content (AvgIpc) is 2.73. The number of hydrogen-bond acceptors (Lipinski definition) is 3. The Kier molecular flexibility index (Phi) is 15.4. The van der Waals surface area contributed by atoms with Crippen molar-refractivity contribution in [3.8, 4) is 0 Å². The van der Waals surface area contributed by atoms with Crippen molar-refractivity contribution in [3.05, 3.63) is 34.9 Å². The van der Waals surface area contributed by atoms with E-state index < -0.39 is 6.04 Å². The van der Waals surface area contributed by atoms with E-state index in [1.165, 1.54) is 64.2 Å². The van der Waals surface area contributed by atoms with Crippen molar-refractivity contribution in [2.45, 2.75) is 90.0 Å². The van der Waals surface area contributed by atoms with Gasteiger partial charge < -0.3 is 10.4 Å². The van der Waals surface area contributed by atoms with Crippen molar-refractivity contribution < 1.29 is 9.90 Å². The van der Waals surface area contributed by atoms with Crippen LogP contribution in [0.1, 0.15) is 89.5 Å². The summed E-state index contributed by atoms with van der Waals surface area (Å²) >= 11 is 6.07. The van der Waals surface area contributed by atoms with Crippen molar-refractivity contribution in [2.24, 2.45) is 4.99 Å². The van der Waals surface area contributed by atoms with Crippen LogP contribution in [-0.4, -0.2) is 36.4 Å². The maximum absolute atomic E-state index is 12.2. The minimum absolute atomic E-state index is 0.237. The number of carbonyl (C=O) groups excluding carboxylic acids is 1. The normalized spacial score (nSPS) is 12.4. The molecule has 1 aromatic carbocycles. The Morgan fingerprint density at radius 3 is 2.10 bits per heavy atom. The Morgan fingerprint density at radius 2 is 1.55 bits per heavy atom. The van der Waals surface area contributed by atoms with E-state index >= 15 is 0 Å². The quantitative estimate of drug-likeness (QED) is 0.241. The third-order valence-electron chi connectivity index (χ3n) is 5.10. The number of rotatable bonds is 17. The maximum atomic E-state index is 12.2. The number of aliphatic hydroxyl groups is 1. The Labute approximate surface area is 182 Å². The van der Waals surface area contributed by atoms with Gasteiger partial charge in [-0.1, -0.05) is 107 Å². The lowest BCUT2D eigenvalue weighted by atomic mass is 10.1. The van der Waals surface area contributed by atoms with E-state index in [2.05, 4.69) is 17.2 Å². The largest absolute Gasteiger partial charge is 0.394 e. The molecule has 0 saturated heterocycles. The molecule has 0 radical (unpaired) electrons. The van der Waals surface area contributed by atoms with Gasteiger partial charge in [0.05, 0.1) is 6.61 Å². The third-order valence-corrected chi connectivity index (χ3v) is 5.45. The number of aliphatic hydroxyl groups excluding tert-OH is 1. The van der Waals surface area contributed by atoms with E-state index in [-0.39, 0.29) is 12.5 Å². The van der Waals surface area contributed by atoms with Gasteiger partial charge in [0.15, 0.2) is 6.04 Å². The van der Waals surface area contributed by atoms with Crippen LogP contribution in [0.2, 0.25) is 5.02 Å². The van der Waals surface area contributed by atoms with Crippen LogP contribution in [0.4, 0.5) is 0 Å². The fourth-order valence-corrected chi connectivity index (χ4v) is 3.43. The van der Waals surface area contributed by atoms with Crippen molar-refractivity contribution in [3.63, 3.8) is 0 Å². The molecular weight excluding hydrogens is 384 g/mol. The minimum Gasteiger partial charge on any atom is -0.394 e. The standard InChI is InChI=1S/C24H39ClN2O2/c1-2-3-4-5-6-7-8-9-10-11-12-15-18-26-24(29)23(20-28)27-19-21-16-13-14-17-22(21)25/h13-14,16-17,19,23,28H,2-12,15,18,20H2,1H3,(H,26,29)/b27-19+/t23-/m0/s1. The molecule has 0 saturated carbocycles. The van der Waals surface area contributed by atoms with E-state index in [1.54, 1.807) is 12.3 Å². The number of hydrogen-bond donors (Lipinski definition) is 2. The number of unbranched alkanes of at least 4 members (excludes halogenated alkanes) is 11. The van der Waals surface area contributed by atoms with Crippen LogP contribution in [0.5, 0.6) is 0 Å². The van der Waals surface area contributed by atoms with Gasteiger partial charge in [0.25, 0.3) is 0 Å². The lowest BCUT2D eigenvalue weighted by molar-refractivity contribution is -0.123. The third kappa shape index (κ3) is 12.7. The Bertz CT molecular complexity index is 578. The Hall–Kier alpha value is -1.39. The fourth-order valence-electron chi connectivity index (χ4n) is 3.24. The summed E-state index contributed by atoms with van der Waals surface area (Å²) in [6, 6.07) is 6.50. The van der Waals surface area contributed by atoms with Crippen LogP contribution in [0, 0.1) is 0 Å². The summed E-state index contributed by atoms with van der Waals surface area (Å²) in [4.78, 5) is 16.3. The number of nitrogens with zero attached hydrogens (tertiary/aromatic N) is 1. The number of benzene rings is 1. The zero-order chi connectivity index (χ0) is 21.2. The molecule has 0 aliphatic carbocycles. The molecule has 5 heteroatoms. The summed E-state index contributed by atoms with van der Waals surface area (Å²) in [5, 5.41) is 12.9. The second-order valence-corrected chi connectivity index (χ2v) is 8.09. The SMILES string of the molecule is CCCCCCCCCCCCCCNC(=O)[C@H](CO)/N=C/c1ccccc1Cl. The molecule has 0 spiro atoms. The smallest absolute Gasteiger partial charge is 0.247 e. The molecule has 29 heavy (non-hydrogen) atoms. The first-order chi connectivity index (χ1) is 14.2. The van der Waals surface area contributed by atoms with Crippen LogP contribution in [0.3, 0.4) is 0 Å². The predicted molar refractivity (Wildman–Crippen MR) is 124 cm³/mol. The predicted octanol–water partition coefficient (Wildman–Crippen LogP) is 5.94. The van der Waals surface area contributed by atoms with Gasteiger partial charge in [-0.3, -0.25) is 9.79 Å². The van der Waals surface area contributed by atoms with Crippen LogP contribution in [0.25, 0.3) is 0 Å². The number of carbonyl (C=O) groups is 1. The molecule has 4 nitrogen and oxygen atoms in total. The number of nitrogens with one attached hydrogen (secondary N) is 1. The van der Waals surface area contributed by atoms with Crippen molar-refractivity contribution in [2.75, 3.05) is 13.2 Å². The molecule has 1 rings (SSSR count). The molecule has 1 aromatic rings. The van der Waals surface area contributed by atoms with Gasteiger partial charge in [-0.2, -0.15) is 0 Å². The van der Waals surface area contributed by atoms with E-state index in [0.29, 0.717) is 11.6 Å². The van der Waals surface area contributed by atoms with E-state index in [4.69, 9.17) is 11.6 Å². The lowest BCUT2D eigenvalue weighted by Crippen LogP contribution is -2.36. The van der Waals surface area contributed by atoms with Gasteiger partial charge in [-0.25, -0.2) is 0 Å². The number of aliphatic imine (C=N–C) groups is 1. The summed E-state index contributed by atoms with van der Waals surface area (Å²) in [6.07, 6.45) is 17.1. The van der Waals surface area contributed by atoms with Crippen molar-refractivity contribution >= 4 is 23.7 Å². The molecular formula is C24H39ClN2O2. The van der Waals surface area contributed by atoms with Crippen LogP contribution in [-0.2, 0) is 4.79 Å². The van der Waals surface area contributed by atoms with E-state index in [9.17, 15) is 9.90 Å². The second-order valence-electron chi connectivity index (χ2n) is 7.68. The maximum Gasteiger partial charge on any atom is 0.247 e. The molecule has 0 fully saturated rings. The fraction of sp³-hybridized carbons (Fsp3) is 0.667. The Morgan fingerprint density at radius 1 is 1.00 bits per heavy atom. The zero-order valence-corrected chi connectivity index (χ0v) is 18.8. The highest BCUT2D eigenvalue weighted by Crippen LogP contribution is 2.13. The van der Waals surface area contributed by atoms with Crippen LogP contribution >= 0.6 is 11.6 Å². The molecule has 1 atom stereocenters. The highest BCUT2D eigenvalue weighted by molar-refractivity contribution is 6.33. The molecule has 0 aromatic heterocycles. The topological polar surface area (TPSA) is 61.7 Å². The summed E-state index contributed by atoms with van der Waals surface area (Å²) < 4.78 is 0. The number of halogens is 1. The molecule has 0 heterocycles. The van der Waals surface area contributed by atoms with Gasteiger partial charge >= 0.3 is 0 Å².